The molecule has 0 fully saturated rings. The standard InChI is InChI=1S/C12H14N4O2S2/c1-8-7-9(12(13)19)3-4-10(8)20(17,18)15-11-5-6-14-16(11)2/h3-7,15H,1-2H3,(H2,13,19). The minimum absolute atomic E-state index is 0.179. The van der Waals surface area contributed by atoms with Crippen molar-refractivity contribution in [2.45, 2.75) is 11.8 Å². The van der Waals surface area contributed by atoms with E-state index in [2.05, 4.69) is 9.82 Å². The largest absolute Gasteiger partial charge is 0.389 e. The van der Waals surface area contributed by atoms with Gasteiger partial charge in [-0.05, 0) is 24.6 Å². The third kappa shape index (κ3) is 2.81. The number of rotatable bonds is 4. The summed E-state index contributed by atoms with van der Waals surface area (Å²) in [5.41, 5.74) is 6.74. The Labute approximate surface area is 122 Å². The molecule has 0 aliphatic heterocycles. The van der Waals surface area contributed by atoms with Gasteiger partial charge in [0.1, 0.15) is 10.8 Å². The first-order valence-corrected chi connectivity index (χ1v) is 7.61. The fraction of sp³-hybridized carbons (Fsp3) is 0.167. The van der Waals surface area contributed by atoms with Gasteiger partial charge in [0.15, 0.2) is 0 Å². The molecular weight excluding hydrogens is 296 g/mol. The summed E-state index contributed by atoms with van der Waals surface area (Å²) in [6, 6.07) is 6.31. The van der Waals surface area contributed by atoms with Gasteiger partial charge in [0.2, 0.25) is 0 Å². The van der Waals surface area contributed by atoms with Crippen LogP contribution in [0.4, 0.5) is 5.82 Å². The quantitative estimate of drug-likeness (QED) is 0.827. The van der Waals surface area contributed by atoms with E-state index in [-0.39, 0.29) is 9.88 Å². The lowest BCUT2D eigenvalue weighted by Crippen LogP contribution is -2.17. The van der Waals surface area contributed by atoms with Gasteiger partial charge in [-0.3, -0.25) is 9.40 Å². The summed E-state index contributed by atoms with van der Waals surface area (Å²) in [5, 5.41) is 3.91. The lowest BCUT2D eigenvalue weighted by Gasteiger charge is -2.11. The minimum Gasteiger partial charge on any atom is -0.389 e. The topological polar surface area (TPSA) is 90.0 Å². The van der Waals surface area contributed by atoms with Crippen LogP contribution in [0.15, 0.2) is 35.4 Å². The van der Waals surface area contributed by atoms with E-state index in [0.717, 1.165) is 0 Å². The highest BCUT2D eigenvalue weighted by Gasteiger charge is 2.18. The number of aryl methyl sites for hydroxylation is 2. The van der Waals surface area contributed by atoms with Gasteiger partial charge in [0.25, 0.3) is 10.0 Å². The second-order valence-corrected chi connectivity index (χ2v) is 6.38. The summed E-state index contributed by atoms with van der Waals surface area (Å²) in [6.45, 7) is 1.69. The maximum atomic E-state index is 12.3. The normalized spacial score (nSPS) is 11.3. The van der Waals surface area contributed by atoms with Crippen LogP contribution in [0.2, 0.25) is 0 Å². The molecule has 0 saturated carbocycles. The number of hydrogen-bond acceptors (Lipinski definition) is 4. The fourth-order valence-electron chi connectivity index (χ4n) is 1.77. The molecule has 106 valence electrons. The smallest absolute Gasteiger partial charge is 0.263 e. The molecule has 0 radical (unpaired) electrons. The first-order chi connectivity index (χ1) is 9.31. The zero-order chi connectivity index (χ0) is 14.9. The van der Waals surface area contributed by atoms with Crippen LogP contribution in [-0.4, -0.2) is 23.2 Å². The molecule has 2 rings (SSSR count). The number of sulfonamides is 1. The number of nitrogens with zero attached hydrogens (tertiary/aromatic N) is 2. The lowest BCUT2D eigenvalue weighted by atomic mass is 10.1. The van der Waals surface area contributed by atoms with E-state index in [0.29, 0.717) is 16.9 Å². The van der Waals surface area contributed by atoms with Crippen molar-refractivity contribution in [2.75, 3.05) is 4.72 Å². The van der Waals surface area contributed by atoms with Crippen molar-refractivity contribution in [1.82, 2.24) is 9.78 Å². The van der Waals surface area contributed by atoms with Crippen molar-refractivity contribution in [3.05, 3.63) is 41.6 Å². The Morgan fingerprint density at radius 3 is 2.60 bits per heavy atom. The highest BCUT2D eigenvalue weighted by Crippen LogP contribution is 2.20. The predicted octanol–water partition coefficient (Wildman–Crippen LogP) is 1.16. The van der Waals surface area contributed by atoms with Crippen molar-refractivity contribution < 1.29 is 8.42 Å². The van der Waals surface area contributed by atoms with E-state index in [1.54, 1.807) is 32.2 Å². The van der Waals surface area contributed by atoms with Crippen LogP contribution in [0.1, 0.15) is 11.1 Å². The second kappa shape index (κ2) is 5.22. The molecule has 1 aromatic carbocycles. The Morgan fingerprint density at radius 2 is 2.10 bits per heavy atom. The molecule has 2 aromatic rings. The number of nitrogens with one attached hydrogen (secondary N) is 1. The van der Waals surface area contributed by atoms with E-state index in [1.165, 1.54) is 16.9 Å². The number of thiocarbonyl (C=S) groups is 1. The molecule has 1 heterocycles. The molecule has 0 aliphatic rings. The molecular formula is C12H14N4O2S2. The maximum absolute atomic E-state index is 12.3. The summed E-state index contributed by atoms with van der Waals surface area (Å²) in [7, 11) is -2.02. The molecule has 1 aromatic heterocycles. The summed E-state index contributed by atoms with van der Waals surface area (Å²) >= 11 is 4.87. The van der Waals surface area contributed by atoms with Gasteiger partial charge in [-0.15, -0.1) is 0 Å². The minimum atomic E-state index is -3.67. The monoisotopic (exact) mass is 310 g/mol. The molecule has 8 heteroatoms. The number of aromatic nitrogens is 2. The molecule has 3 N–H and O–H groups in total. The molecule has 0 bridgehead atoms. The summed E-state index contributed by atoms with van der Waals surface area (Å²) < 4.78 is 28.6. The Bertz CT molecular complexity index is 766. The Kier molecular flexibility index (Phi) is 3.78. The van der Waals surface area contributed by atoms with E-state index >= 15 is 0 Å². The second-order valence-electron chi connectivity index (χ2n) is 4.29. The Hall–Kier alpha value is -1.93. The van der Waals surface area contributed by atoms with Crippen molar-refractivity contribution in [2.24, 2.45) is 12.8 Å². The number of benzene rings is 1. The van der Waals surface area contributed by atoms with Crippen LogP contribution < -0.4 is 10.5 Å². The predicted molar refractivity (Wildman–Crippen MR) is 81.1 cm³/mol. The summed E-state index contributed by atoms with van der Waals surface area (Å²) in [4.78, 5) is 0.412. The first-order valence-electron chi connectivity index (χ1n) is 5.72. The average Bonchev–Trinajstić information content (AvgIpc) is 2.73. The van der Waals surface area contributed by atoms with Crippen LogP contribution in [0.5, 0.6) is 0 Å². The van der Waals surface area contributed by atoms with Crippen molar-refractivity contribution in [3.8, 4) is 0 Å². The zero-order valence-electron chi connectivity index (χ0n) is 11.0. The highest BCUT2D eigenvalue weighted by molar-refractivity contribution is 7.92. The van der Waals surface area contributed by atoms with Crippen molar-refractivity contribution >= 4 is 33.0 Å². The highest BCUT2D eigenvalue weighted by atomic mass is 32.2. The van der Waals surface area contributed by atoms with E-state index in [1.807, 2.05) is 0 Å². The number of nitrogens with two attached hydrogens (primary N) is 1. The molecule has 0 unspecified atom stereocenters. The first kappa shape index (κ1) is 14.5. The van der Waals surface area contributed by atoms with Gasteiger partial charge in [-0.2, -0.15) is 5.10 Å². The van der Waals surface area contributed by atoms with E-state index in [9.17, 15) is 8.42 Å². The Balaban J connectivity index is 2.40. The lowest BCUT2D eigenvalue weighted by molar-refractivity contribution is 0.599. The molecule has 0 saturated heterocycles. The van der Waals surface area contributed by atoms with Gasteiger partial charge in [0, 0.05) is 18.7 Å². The van der Waals surface area contributed by atoms with Crippen LogP contribution >= 0.6 is 12.2 Å². The van der Waals surface area contributed by atoms with E-state index < -0.39 is 10.0 Å². The van der Waals surface area contributed by atoms with Gasteiger partial charge < -0.3 is 5.73 Å². The van der Waals surface area contributed by atoms with Gasteiger partial charge >= 0.3 is 0 Å². The molecule has 20 heavy (non-hydrogen) atoms. The summed E-state index contributed by atoms with van der Waals surface area (Å²) in [5.74, 6) is 0.392. The van der Waals surface area contributed by atoms with Crippen LogP contribution in [0.3, 0.4) is 0 Å². The van der Waals surface area contributed by atoms with Crippen molar-refractivity contribution in [3.63, 3.8) is 0 Å². The van der Waals surface area contributed by atoms with Gasteiger partial charge in [-0.1, -0.05) is 18.3 Å². The fourth-order valence-corrected chi connectivity index (χ4v) is 3.21. The molecule has 0 atom stereocenters. The van der Waals surface area contributed by atoms with Crippen LogP contribution in [-0.2, 0) is 17.1 Å². The zero-order valence-corrected chi connectivity index (χ0v) is 12.6. The van der Waals surface area contributed by atoms with Crippen LogP contribution in [0.25, 0.3) is 0 Å². The molecule has 0 spiro atoms. The third-order valence-electron chi connectivity index (χ3n) is 2.81. The van der Waals surface area contributed by atoms with Crippen molar-refractivity contribution in [1.29, 1.82) is 0 Å². The molecule has 0 aliphatic carbocycles. The van der Waals surface area contributed by atoms with Gasteiger partial charge in [0.05, 0.1) is 11.1 Å². The SMILES string of the molecule is Cc1cc(C(N)=S)ccc1S(=O)(=O)Nc1ccnn1C. The molecule has 0 amide bonds. The van der Waals surface area contributed by atoms with Crippen LogP contribution in [0, 0.1) is 6.92 Å². The molecule has 6 nitrogen and oxygen atoms in total. The van der Waals surface area contributed by atoms with Gasteiger partial charge in [-0.25, -0.2) is 8.42 Å². The number of anilines is 1. The Morgan fingerprint density at radius 1 is 1.40 bits per heavy atom. The number of hydrogen-bond donors (Lipinski definition) is 2. The van der Waals surface area contributed by atoms with E-state index in [4.69, 9.17) is 18.0 Å². The average molecular weight is 310 g/mol. The third-order valence-corrected chi connectivity index (χ3v) is 4.56. The maximum Gasteiger partial charge on any atom is 0.263 e. The summed E-state index contributed by atoms with van der Waals surface area (Å²) in [6.07, 6.45) is 1.51.